The lowest BCUT2D eigenvalue weighted by Gasteiger charge is -2.13. The topological polar surface area (TPSA) is 68.4 Å². The molecule has 0 radical (unpaired) electrons. The van der Waals surface area contributed by atoms with Crippen molar-refractivity contribution in [1.82, 2.24) is 9.88 Å². The van der Waals surface area contributed by atoms with Gasteiger partial charge in [0.1, 0.15) is 11.9 Å². The van der Waals surface area contributed by atoms with Gasteiger partial charge in [-0.1, -0.05) is 12.6 Å². The summed E-state index contributed by atoms with van der Waals surface area (Å²) in [5, 5.41) is 0. The first-order chi connectivity index (χ1) is 11.0. The molecule has 0 saturated carbocycles. The normalized spacial score (nSPS) is 19.5. The van der Waals surface area contributed by atoms with Gasteiger partial charge in [0.05, 0.1) is 12.2 Å². The quantitative estimate of drug-likeness (QED) is 0.847. The highest BCUT2D eigenvalue weighted by Crippen LogP contribution is 2.23. The first kappa shape index (κ1) is 16.9. The number of carbonyl (C=O) groups is 1. The lowest BCUT2D eigenvalue weighted by molar-refractivity contribution is 0.142. The highest BCUT2D eigenvalue weighted by atomic mass is 19.1. The predicted molar refractivity (Wildman–Crippen MR) is 86.8 cm³/mol. The van der Waals surface area contributed by atoms with E-state index in [-0.39, 0.29) is 6.10 Å². The Kier molecular flexibility index (Phi) is 5.28. The van der Waals surface area contributed by atoms with Crippen LogP contribution in [0.5, 0.6) is 0 Å². The number of aromatic nitrogens is 1. The summed E-state index contributed by atoms with van der Waals surface area (Å²) in [5.74, 6) is -0.486. The van der Waals surface area contributed by atoms with E-state index >= 15 is 0 Å². The smallest absolute Gasteiger partial charge is 0.414 e. The third-order valence-corrected chi connectivity index (χ3v) is 3.56. The van der Waals surface area contributed by atoms with Crippen molar-refractivity contribution in [2.75, 3.05) is 6.54 Å². The average molecular weight is 317 g/mol. The lowest BCUT2D eigenvalue weighted by Crippen LogP contribution is -2.23. The minimum atomic E-state index is -0.500. The molecule has 0 spiro atoms. The lowest BCUT2D eigenvalue weighted by atomic mass is 10.1. The van der Waals surface area contributed by atoms with Gasteiger partial charge in [-0.15, -0.1) is 0 Å². The van der Waals surface area contributed by atoms with Gasteiger partial charge in [-0.25, -0.2) is 9.18 Å². The molecule has 0 aliphatic carbocycles. The van der Waals surface area contributed by atoms with Crippen LogP contribution in [0.3, 0.4) is 0 Å². The van der Waals surface area contributed by atoms with E-state index in [2.05, 4.69) is 11.6 Å². The first-order valence-corrected chi connectivity index (χ1v) is 7.30. The maximum atomic E-state index is 14.5. The highest BCUT2D eigenvalue weighted by molar-refractivity contribution is 5.73. The van der Waals surface area contributed by atoms with Crippen LogP contribution in [0.1, 0.15) is 25.1 Å². The van der Waals surface area contributed by atoms with Crippen LogP contribution in [0, 0.1) is 0 Å². The van der Waals surface area contributed by atoms with Crippen LogP contribution in [0.2, 0.25) is 0 Å². The van der Waals surface area contributed by atoms with Crippen LogP contribution < -0.4 is 5.73 Å². The zero-order chi connectivity index (χ0) is 17.0. The number of hydrogen-bond donors (Lipinski definition) is 1. The molecule has 2 rings (SSSR count). The average Bonchev–Trinajstić information content (AvgIpc) is 2.90. The van der Waals surface area contributed by atoms with Gasteiger partial charge in [0.25, 0.3) is 0 Å². The Morgan fingerprint density at radius 2 is 2.35 bits per heavy atom. The molecule has 1 saturated heterocycles. The summed E-state index contributed by atoms with van der Waals surface area (Å²) >= 11 is 0. The standard InChI is InChI=1S/C17H20FN3O2/c1-4-14(21-10-11(2)23-17(21)22)7-15(18)12(3)16-6-5-13(8-19)9-20-16/h4-7,9,11H,1,8,10,19H2,2-3H3/b14-7+,15-12-. The molecule has 1 atom stereocenters. The fourth-order valence-corrected chi connectivity index (χ4v) is 2.19. The highest BCUT2D eigenvalue weighted by Gasteiger charge is 2.29. The Balaban J connectivity index is 2.29. The molecule has 1 aliphatic rings. The molecule has 5 nitrogen and oxygen atoms in total. The number of halogens is 1. The molecule has 1 fully saturated rings. The molecular formula is C17H20FN3O2. The van der Waals surface area contributed by atoms with Crippen molar-refractivity contribution in [3.63, 3.8) is 0 Å². The third-order valence-electron chi connectivity index (χ3n) is 3.56. The molecule has 6 heteroatoms. The van der Waals surface area contributed by atoms with E-state index in [0.717, 1.165) is 5.56 Å². The van der Waals surface area contributed by atoms with Crippen LogP contribution in [0.15, 0.2) is 48.6 Å². The van der Waals surface area contributed by atoms with Crippen LogP contribution in [0.4, 0.5) is 9.18 Å². The van der Waals surface area contributed by atoms with E-state index in [4.69, 9.17) is 10.5 Å². The van der Waals surface area contributed by atoms with Crippen molar-refractivity contribution in [1.29, 1.82) is 0 Å². The number of rotatable bonds is 5. The zero-order valence-electron chi connectivity index (χ0n) is 13.3. The van der Waals surface area contributed by atoms with Crippen molar-refractivity contribution >= 4 is 11.7 Å². The summed E-state index contributed by atoms with van der Waals surface area (Å²) in [6.07, 6.45) is 3.57. The molecule has 23 heavy (non-hydrogen) atoms. The number of nitrogens with zero attached hydrogens (tertiary/aromatic N) is 2. The molecule has 1 aliphatic heterocycles. The largest absolute Gasteiger partial charge is 0.444 e. The molecule has 1 aromatic rings. The van der Waals surface area contributed by atoms with Gasteiger partial charge in [-0.3, -0.25) is 9.88 Å². The van der Waals surface area contributed by atoms with E-state index in [1.54, 1.807) is 32.2 Å². The Labute approximate surface area is 134 Å². The first-order valence-electron chi connectivity index (χ1n) is 7.30. The maximum Gasteiger partial charge on any atom is 0.414 e. The van der Waals surface area contributed by atoms with Gasteiger partial charge in [0.2, 0.25) is 0 Å². The van der Waals surface area contributed by atoms with Crippen LogP contribution in [0.25, 0.3) is 5.57 Å². The van der Waals surface area contributed by atoms with Gasteiger partial charge < -0.3 is 10.5 Å². The minimum absolute atomic E-state index is 0.232. The second kappa shape index (κ2) is 7.19. The van der Waals surface area contributed by atoms with Gasteiger partial charge in [-0.2, -0.15) is 0 Å². The van der Waals surface area contributed by atoms with E-state index in [1.807, 2.05) is 0 Å². The fourth-order valence-electron chi connectivity index (χ4n) is 2.19. The van der Waals surface area contributed by atoms with Crippen molar-refractivity contribution in [3.8, 4) is 0 Å². The number of carbonyl (C=O) groups excluding carboxylic acids is 1. The maximum absolute atomic E-state index is 14.5. The number of pyridine rings is 1. The summed E-state index contributed by atoms with van der Waals surface area (Å²) in [7, 11) is 0. The Bertz CT molecular complexity index is 665. The molecule has 0 bridgehead atoms. The number of amides is 1. The second-order valence-corrected chi connectivity index (χ2v) is 5.31. The number of nitrogens with two attached hydrogens (primary N) is 1. The van der Waals surface area contributed by atoms with Crippen molar-refractivity contribution < 1.29 is 13.9 Å². The molecule has 2 heterocycles. The summed E-state index contributed by atoms with van der Waals surface area (Å²) in [5.41, 5.74) is 7.63. The second-order valence-electron chi connectivity index (χ2n) is 5.31. The molecule has 1 unspecified atom stereocenters. The van der Waals surface area contributed by atoms with E-state index in [1.165, 1.54) is 17.1 Å². The summed E-state index contributed by atoms with van der Waals surface area (Å²) < 4.78 is 19.5. The number of hydrogen-bond acceptors (Lipinski definition) is 4. The predicted octanol–water partition coefficient (Wildman–Crippen LogP) is 3.15. The summed E-state index contributed by atoms with van der Waals surface area (Å²) in [6.45, 7) is 7.79. The van der Waals surface area contributed by atoms with E-state index in [9.17, 15) is 9.18 Å². The van der Waals surface area contributed by atoms with Crippen molar-refractivity contribution in [3.05, 3.63) is 59.8 Å². The Morgan fingerprint density at radius 3 is 2.83 bits per heavy atom. The Hall–Kier alpha value is -2.47. The van der Waals surface area contributed by atoms with Crippen LogP contribution in [-0.2, 0) is 11.3 Å². The minimum Gasteiger partial charge on any atom is -0.444 e. The number of ether oxygens (including phenoxy) is 1. The molecule has 1 amide bonds. The van der Waals surface area contributed by atoms with Crippen LogP contribution in [-0.4, -0.2) is 28.6 Å². The zero-order valence-corrected chi connectivity index (χ0v) is 13.3. The van der Waals surface area contributed by atoms with E-state index in [0.29, 0.717) is 30.1 Å². The van der Waals surface area contributed by atoms with Gasteiger partial charge in [0, 0.05) is 24.0 Å². The Morgan fingerprint density at radius 1 is 1.61 bits per heavy atom. The monoisotopic (exact) mass is 317 g/mol. The molecule has 1 aromatic heterocycles. The molecule has 0 aromatic carbocycles. The third kappa shape index (κ3) is 3.84. The molecule has 2 N–H and O–H groups in total. The molecular weight excluding hydrogens is 297 g/mol. The summed E-state index contributed by atoms with van der Waals surface area (Å²) in [4.78, 5) is 17.3. The fraction of sp³-hybridized carbons (Fsp3) is 0.294. The van der Waals surface area contributed by atoms with Gasteiger partial charge in [0.15, 0.2) is 0 Å². The van der Waals surface area contributed by atoms with Crippen LogP contribution >= 0.6 is 0 Å². The number of allylic oxidation sites excluding steroid dienone is 4. The van der Waals surface area contributed by atoms with Gasteiger partial charge >= 0.3 is 6.09 Å². The van der Waals surface area contributed by atoms with E-state index < -0.39 is 11.9 Å². The van der Waals surface area contributed by atoms with Crippen molar-refractivity contribution in [2.24, 2.45) is 5.73 Å². The SMILES string of the molecule is C=C/C(=C\C(F)=C(/C)c1ccc(CN)cn1)N1CC(C)OC1=O. The molecule has 122 valence electrons. The number of cyclic esters (lactones) is 1. The summed E-state index contributed by atoms with van der Waals surface area (Å²) in [6, 6.07) is 3.52. The van der Waals surface area contributed by atoms with Gasteiger partial charge in [-0.05, 0) is 37.6 Å². The van der Waals surface area contributed by atoms with Crippen molar-refractivity contribution in [2.45, 2.75) is 26.5 Å².